The van der Waals surface area contributed by atoms with Crippen molar-refractivity contribution in [2.45, 2.75) is 6.92 Å². The van der Waals surface area contributed by atoms with Gasteiger partial charge in [0.25, 0.3) is 0 Å². The number of aryl methyl sites for hydroxylation is 1. The number of nitrogens with zero attached hydrogens (tertiary/aromatic N) is 2. The summed E-state index contributed by atoms with van der Waals surface area (Å²) in [4.78, 5) is 6.96. The van der Waals surface area contributed by atoms with Crippen LogP contribution in [0.4, 0.5) is 5.69 Å². The molecule has 0 unspecified atom stereocenters. The van der Waals surface area contributed by atoms with Gasteiger partial charge in [0.1, 0.15) is 0 Å². The Bertz CT molecular complexity index is 580. The minimum absolute atomic E-state index is 0. The lowest BCUT2D eigenvalue weighted by molar-refractivity contribution is 0.590. The maximum atomic E-state index is 6.25. The maximum Gasteiger partial charge on any atom is 0.0912 e. The van der Waals surface area contributed by atoms with Gasteiger partial charge in [-0.1, -0.05) is 23.7 Å². The van der Waals surface area contributed by atoms with Gasteiger partial charge < -0.3 is 10.2 Å². The summed E-state index contributed by atoms with van der Waals surface area (Å²) in [5, 5.41) is 5.25. The van der Waals surface area contributed by atoms with Gasteiger partial charge in [0, 0.05) is 42.9 Å². The number of fused-ring (bicyclic) bond motifs is 1. The van der Waals surface area contributed by atoms with Gasteiger partial charge in [-0.05, 0) is 19.1 Å². The van der Waals surface area contributed by atoms with Crippen LogP contribution >= 0.6 is 24.0 Å². The second-order valence-electron chi connectivity index (χ2n) is 4.66. The lowest BCUT2D eigenvalue weighted by Crippen LogP contribution is -2.43. The van der Waals surface area contributed by atoms with E-state index in [2.05, 4.69) is 27.3 Å². The van der Waals surface area contributed by atoms with Crippen LogP contribution in [0.25, 0.3) is 10.9 Å². The Morgan fingerprint density at radius 3 is 2.74 bits per heavy atom. The van der Waals surface area contributed by atoms with Crippen LogP contribution in [0.15, 0.2) is 24.3 Å². The van der Waals surface area contributed by atoms with Crippen molar-refractivity contribution < 1.29 is 0 Å². The van der Waals surface area contributed by atoms with E-state index in [0.29, 0.717) is 0 Å². The normalized spacial score (nSPS) is 15.4. The molecule has 1 aliphatic heterocycles. The highest BCUT2D eigenvalue weighted by atomic mass is 35.5. The summed E-state index contributed by atoms with van der Waals surface area (Å²) in [7, 11) is 0. The molecule has 1 fully saturated rings. The SMILES string of the molecule is Cc1cc(N2CCNCC2)c2cccc(Cl)c2n1.Cl. The smallest absolute Gasteiger partial charge is 0.0912 e. The van der Waals surface area contributed by atoms with E-state index in [4.69, 9.17) is 11.6 Å². The molecule has 3 rings (SSSR count). The third-order valence-corrected chi connectivity index (χ3v) is 3.66. The fourth-order valence-corrected chi connectivity index (χ4v) is 2.70. The molecule has 0 amide bonds. The highest BCUT2D eigenvalue weighted by Gasteiger charge is 2.15. The second kappa shape index (κ2) is 5.95. The molecule has 0 radical (unpaired) electrons. The quantitative estimate of drug-likeness (QED) is 0.877. The molecule has 1 aromatic heterocycles. The summed E-state index contributed by atoms with van der Waals surface area (Å²) < 4.78 is 0. The number of benzene rings is 1. The number of rotatable bonds is 1. The van der Waals surface area contributed by atoms with Gasteiger partial charge in [-0.3, -0.25) is 4.98 Å². The molecule has 102 valence electrons. The third kappa shape index (κ3) is 2.78. The van der Waals surface area contributed by atoms with Crippen molar-refractivity contribution in [2.24, 2.45) is 0 Å². The predicted octanol–water partition coefficient (Wildman–Crippen LogP) is 3.03. The number of piperazine rings is 1. The first-order chi connectivity index (χ1) is 8.75. The molecule has 1 N–H and O–H groups in total. The van der Waals surface area contributed by atoms with E-state index < -0.39 is 0 Å². The van der Waals surface area contributed by atoms with Gasteiger partial charge in [-0.15, -0.1) is 12.4 Å². The molecule has 0 bridgehead atoms. The van der Waals surface area contributed by atoms with Gasteiger partial charge in [0.15, 0.2) is 0 Å². The number of aromatic nitrogens is 1. The minimum atomic E-state index is 0. The number of nitrogens with one attached hydrogen (secondary N) is 1. The van der Waals surface area contributed by atoms with Crippen LogP contribution in [0.5, 0.6) is 0 Å². The van der Waals surface area contributed by atoms with Gasteiger partial charge in [-0.25, -0.2) is 0 Å². The molecule has 2 aromatic rings. The van der Waals surface area contributed by atoms with E-state index in [-0.39, 0.29) is 12.4 Å². The van der Waals surface area contributed by atoms with Crippen LogP contribution in [0, 0.1) is 6.92 Å². The summed E-state index contributed by atoms with van der Waals surface area (Å²) in [6.07, 6.45) is 0. The molecule has 0 aliphatic carbocycles. The van der Waals surface area contributed by atoms with Crippen molar-refractivity contribution >= 4 is 40.6 Å². The van der Waals surface area contributed by atoms with E-state index in [0.717, 1.165) is 47.8 Å². The molecule has 0 saturated carbocycles. The number of pyridine rings is 1. The lowest BCUT2D eigenvalue weighted by atomic mass is 10.1. The minimum Gasteiger partial charge on any atom is -0.368 e. The zero-order valence-corrected chi connectivity index (χ0v) is 12.4. The molecule has 5 heteroatoms. The second-order valence-corrected chi connectivity index (χ2v) is 5.06. The fourth-order valence-electron chi connectivity index (χ4n) is 2.49. The number of hydrogen-bond acceptors (Lipinski definition) is 3. The van der Waals surface area contributed by atoms with Crippen LogP contribution in [-0.4, -0.2) is 31.2 Å². The molecule has 1 saturated heterocycles. The molecule has 19 heavy (non-hydrogen) atoms. The first kappa shape index (κ1) is 14.4. The Labute approximate surface area is 124 Å². The van der Waals surface area contributed by atoms with E-state index >= 15 is 0 Å². The van der Waals surface area contributed by atoms with Gasteiger partial charge in [0.2, 0.25) is 0 Å². The molecule has 3 nitrogen and oxygen atoms in total. The van der Waals surface area contributed by atoms with Crippen molar-refractivity contribution in [3.05, 3.63) is 35.0 Å². The van der Waals surface area contributed by atoms with Crippen molar-refractivity contribution in [1.82, 2.24) is 10.3 Å². The number of halogens is 2. The van der Waals surface area contributed by atoms with E-state index in [9.17, 15) is 0 Å². The Kier molecular flexibility index (Phi) is 4.50. The van der Waals surface area contributed by atoms with Crippen molar-refractivity contribution in [3.63, 3.8) is 0 Å². The van der Waals surface area contributed by atoms with Gasteiger partial charge >= 0.3 is 0 Å². The molecule has 0 atom stereocenters. The monoisotopic (exact) mass is 297 g/mol. The first-order valence-electron chi connectivity index (χ1n) is 6.27. The highest BCUT2D eigenvalue weighted by Crippen LogP contribution is 2.30. The molecular formula is C14H17Cl2N3. The standard InChI is InChI=1S/C14H16ClN3.ClH/c1-10-9-13(18-7-5-16-6-8-18)11-3-2-4-12(15)14(11)17-10;/h2-4,9,16H,5-8H2,1H3;1H. The van der Waals surface area contributed by atoms with Crippen molar-refractivity contribution in [1.29, 1.82) is 0 Å². The van der Waals surface area contributed by atoms with Crippen LogP contribution in [0.2, 0.25) is 5.02 Å². The largest absolute Gasteiger partial charge is 0.368 e. The van der Waals surface area contributed by atoms with Gasteiger partial charge in [-0.2, -0.15) is 0 Å². The third-order valence-electron chi connectivity index (χ3n) is 3.35. The van der Waals surface area contributed by atoms with Crippen LogP contribution < -0.4 is 10.2 Å². The van der Waals surface area contributed by atoms with Gasteiger partial charge in [0.05, 0.1) is 10.5 Å². The highest BCUT2D eigenvalue weighted by molar-refractivity contribution is 6.35. The molecule has 1 aromatic carbocycles. The first-order valence-corrected chi connectivity index (χ1v) is 6.65. The summed E-state index contributed by atoms with van der Waals surface area (Å²) in [6, 6.07) is 8.15. The summed E-state index contributed by atoms with van der Waals surface area (Å²) >= 11 is 6.25. The Hall–Kier alpha value is -1.03. The number of para-hydroxylation sites is 1. The molecule has 1 aliphatic rings. The summed E-state index contributed by atoms with van der Waals surface area (Å²) in [5.41, 5.74) is 3.18. The number of anilines is 1. The van der Waals surface area contributed by atoms with Crippen LogP contribution in [0.1, 0.15) is 5.69 Å². The Balaban J connectivity index is 0.00000133. The topological polar surface area (TPSA) is 28.2 Å². The van der Waals surface area contributed by atoms with Crippen LogP contribution in [-0.2, 0) is 0 Å². The van der Waals surface area contributed by atoms with Crippen LogP contribution in [0.3, 0.4) is 0 Å². The fraction of sp³-hybridized carbons (Fsp3) is 0.357. The Morgan fingerprint density at radius 2 is 2.00 bits per heavy atom. The molecule has 2 heterocycles. The average molecular weight is 298 g/mol. The molecular weight excluding hydrogens is 281 g/mol. The zero-order chi connectivity index (χ0) is 12.5. The maximum absolute atomic E-state index is 6.25. The molecule has 0 spiro atoms. The lowest BCUT2D eigenvalue weighted by Gasteiger charge is -2.30. The van der Waals surface area contributed by atoms with Crippen molar-refractivity contribution in [2.75, 3.05) is 31.1 Å². The summed E-state index contributed by atoms with van der Waals surface area (Å²) in [5.74, 6) is 0. The Morgan fingerprint density at radius 1 is 1.26 bits per heavy atom. The van der Waals surface area contributed by atoms with Crippen molar-refractivity contribution in [3.8, 4) is 0 Å². The predicted molar refractivity (Wildman–Crippen MR) is 83.8 cm³/mol. The van der Waals surface area contributed by atoms with E-state index in [1.54, 1.807) is 0 Å². The van der Waals surface area contributed by atoms with E-state index in [1.807, 2.05) is 19.1 Å². The number of hydrogen-bond donors (Lipinski definition) is 1. The summed E-state index contributed by atoms with van der Waals surface area (Å²) in [6.45, 7) is 6.15. The average Bonchev–Trinajstić information content (AvgIpc) is 2.40. The van der Waals surface area contributed by atoms with E-state index in [1.165, 1.54) is 5.69 Å². The zero-order valence-electron chi connectivity index (χ0n) is 10.8.